The zero-order chi connectivity index (χ0) is 16.2. The van der Waals surface area contributed by atoms with Gasteiger partial charge in [-0.25, -0.2) is 0 Å². The first kappa shape index (κ1) is 14.7. The highest BCUT2D eigenvalue weighted by Gasteiger charge is 2.18. The van der Waals surface area contributed by atoms with Crippen molar-refractivity contribution in [1.29, 1.82) is 5.26 Å². The molecular weight excluding hydrogens is 294 g/mol. The number of nitriles is 1. The average Bonchev–Trinajstić information content (AvgIpc) is 3.07. The molecule has 3 rings (SSSR count). The summed E-state index contributed by atoms with van der Waals surface area (Å²) < 4.78 is 15.5. The second-order valence-electron chi connectivity index (χ2n) is 4.84. The molecule has 0 saturated carbocycles. The molecule has 0 unspecified atom stereocenters. The summed E-state index contributed by atoms with van der Waals surface area (Å²) in [7, 11) is 1.58. The van der Waals surface area contributed by atoms with Crippen molar-refractivity contribution in [2.45, 2.75) is 0 Å². The van der Waals surface area contributed by atoms with Gasteiger partial charge in [0.05, 0.1) is 7.11 Å². The van der Waals surface area contributed by atoms with Crippen LogP contribution in [-0.2, 0) is 0 Å². The van der Waals surface area contributed by atoms with Gasteiger partial charge in [-0.2, -0.15) is 5.26 Å². The van der Waals surface area contributed by atoms with E-state index in [1.807, 2.05) is 6.07 Å². The lowest BCUT2D eigenvalue weighted by atomic mass is 10.0. The molecule has 23 heavy (non-hydrogen) atoms. The van der Waals surface area contributed by atoms with Crippen LogP contribution in [0.1, 0.15) is 15.9 Å². The number of hydrogen-bond acceptors (Lipinski definition) is 5. The lowest BCUT2D eigenvalue weighted by molar-refractivity contribution is 0.103. The van der Waals surface area contributed by atoms with E-state index < -0.39 is 0 Å². The van der Waals surface area contributed by atoms with E-state index >= 15 is 0 Å². The van der Waals surface area contributed by atoms with Crippen molar-refractivity contribution in [3.63, 3.8) is 0 Å². The third kappa shape index (κ3) is 3.01. The minimum atomic E-state index is -0.360. The summed E-state index contributed by atoms with van der Waals surface area (Å²) >= 11 is 0. The number of nitrogens with zero attached hydrogens (tertiary/aromatic N) is 1. The predicted molar refractivity (Wildman–Crippen MR) is 83.5 cm³/mol. The zero-order valence-corrected chi connectivity index (χ0v) is 12.4. The van der Waals surface area contributed by atoms with Crippen LogP contribution >= 0.6 is 0 Å². The molecule has 0 radical (unpaired) electrons. The molecule has 114 valence electrons. The molecule has 0 bridgehead atoms. The monoisotopic (exact) mass is 307 g/mol. The molecule has 0 spiro atoms. The van der Waals surface area contributed by atoms with Crippen molar-refractivity contribution in [2.24, 2.45) is 0 Å². The third-order valence-electron chi connectivity index (χ3n) is 3.43. The number of ketones is 1. The van der Waals surface area contributed by atoms with Gasteiger partial charge in [0.15, 0.2) is 11.5 Å². The van der Waals surface area contributed by atoms with Gasteiger partial charge in [-0.1, -0.05) is 12.1 Å². The van der Waals surface area contributed by atoms with Gasteiger partial charge in [-0.15, -0.1) is 0 Å². The summed E-state index contributed by atoms with van der Waals surface area (Å²) in [6.07, 6.45) is 1.55. The number of methoxy groups -OCH3 is 1. The predicted octanol–water partition coefficient (Wildman–Crippen LogP) is 3.21. The summed E-state index contributed by atoms with van der Waals surface area (Å²) in [6, 6.07) is 13.9. The first-order valence-corrected chi connectivity index (χ1v) is 6.91. The molecule has 2 aromatic rings. The zero-order valence-electron chi connectivity index (χ0n) is 12.4. The molecule has 2 aromatic carbocycles. The molecule has 0 N–H and O–H groups in total. The maximum atomic E-state index is 12.5. The molecule has 0 saturated heterocycles. The van der Waals surface area contributed by atoms with Gasteiger partial charge in [-0.3, -0.25) is 4.79 Å². The normalized spacial score (nSPS) is 12.6. The smallest absolute Gasteiger partial charge is 0.231 e. The van der Waals surface area contributed by atoms with Crippen LogP contribution in [-0.4, -0.2) is 19.7 Å². The van der Waals surface area contributed by atoms with Gasteiger partial charge in [0.1, 0.15) is 17.4 Å². The highest BCUT2D eigenvalue weighted by molar-refractivity contribution is 6.14. The van der Waals surface area contributed by atoms with Crippen molar-refractivity contribution in [3.8, 4) is 23.3 Å². The summed E-state index contributed by atoms with van der Waals surface area (Å²) in [5.74, 6) is 1.46. The van der Waals surface area contributed by atoms with Crippen molar-refractivity contribution >= 4 is 11.9 Å². The second kappa shape index (κ2) is 6.24. The number of carbonyl (C=O) groups is 1. The van der Waals surface area contributed by atoms with E-state index in [-0.39, 0.29) is 18.1 Å². The average molecular weight is 307 g/mol. The van der Waals surface area contributed by atoms with E-state index in [1.54, 1.807) is 55.7 Å². The van der Waals surface area contributed by atoms with Gasteiger partial charge in [0.2, 0.25) is 12.6 Å². The SMILES string of the molecule is COc1ccc(/C=C(/C#N)C(=O)c2ccc3c(c2)OCO3)cc1. The number of benzene rings is 2. The van der Waals surface area contributed by atoms with Gasteiger partial charge in [0.25, 0.3) is 0 Å². The quantitative estimate of drug-likeness (QED) is 0.493. The Labute approximate surface area is 133 Å². The van der Waals surface area contributed by atoms with Crippen LogP contribution in [0.15, 0.2) is 48.0 Å². The fraction of sp³-hybridized carbons (Fsp3) is 0.111. The summed E-state index contributed by atoms with van der Waals surface area (Å²) in [6.45, 7) is 0.139. The lowest BCUT2D eigenvalue weighted by Gasteiger charge is -2.03. The number of Topliss-reactive ketones (excluding diaryl/α,β-unsaturated/α-hetero) is 1. The summed E-state index contributed by atoms with van der Waals surface area (Å²) in [5.41, 5.74) is 1.18. The maximum Gasteiger partial charge on any atom is 0.231 e. The van der Waals surface area contributed by atoms with Gasteiger partial charge in [-0.05, 0) is 42.0 Å². The van der Waals surface area contributed by atoms with Crippen LogP contribution in [0.4, 0.5) is 0 Å². The van der Waals surface area contributed by atoms with E-state index in [1.165, 1.54) is 0 Å². The topological polar surface area (TPSA) is 68.5 Å². The maximum absolute atomic E-state index is 12.5. The van der Waals surface area contributed by atoms with Crippen LogP contribution in [0, 0.1) is 11.3 Å². The standard InChI is InChI=1S/C18H13NO4/c1-21-15-5-2-12(3-6-15)8-14(10-19)18(20)13-4-7-16-17(9-13)23-11-22-16/h2-9H,11H2,1H3/b14-8-. The fourth-order valence-corrected chi connectivity index (χ4v) is 2.21. The molecule has 0 amide bonds. The third-order valence-corrected chi connectivity index (χ3v) is 3.43. The number of fused-ring (bicyclic) bond motifs is 1. The van der Waals surface area contributed by atoms with Crippen molar-refractivity contribution < 1.29 is 19.0 Å². The number of hydrogen-bond donors (Lipinski definition) is 0. The number of allylic oxidation sites excluding steroid dienone is 1. The van der Waals surface area contributed by atoms with E-state index in [4.69, 9.17) is 14.2 Å². The van der Waals surface area contributed by atoms with E-state index in [0.717, 1.165) is 5.56 Å². The van der Waals surface area contributed by atoms with Crippen LogP contribution in [0.3, 0.4) is 0 Å². The first-order chi connectivity index (χ1) is 11.2. The van der Waals surface area contributed by atoms with E-state index in [2.05, 4.69) is 0 Å². The van der Waals surface area contributed by atoms with Crippen LogP contribution < -0.4 is 14.2 Å². The Morgan fingerprint density at radius 1 is 1.17 bits per heavy atom. The Bertz CT molecular complexity index is 816. The molecule has 0 aromatic heterocycles. The molecule has 1 aliphatic rings. The number of ether oxygens (including phenoxy) is 3. The van der Waals surface area contributed by atoms with E-state index in [9.17, 15) is 10.1 Å². The highest BCUT2D eigenvalue weighted by atomic mass is 16.7. The molecule has 0 fully saturated rings. The Hall–Kier alpha value is -3.26. The van der Waals surface area contributed by atoms with Gasteiger partial charge >= 0.3 is 0 Å². The lowest BCUT2D eigenvalue weighted by Crippen LogP contribution is -2.02. The minimum Gasteiger partial charge on any atom is -0.497 e. The van der Waals surface area contributed by atoms with Crippen molar-refractivity contribution in [3.05, 3.63) is 59.2 Å². The van der Waals surface area contributed by atoms with Crippen LogP contribution in [0.2, 0.25) is 0 Å². The Morgan fingerprint density at radius 3 is 2.61 bits per heavy atom. The minimum absolute atomic E-state index is 0.0500. The molecule has 0 aliphatic carbocycles. The fourth-order valence-electron chi connectivity index (χ4n) is 2.21. The van der Waals surface area contributed by atoms with Crippen LogP contribution in [0.25, 0.3) is 6.08 Å². The van der Waals surface area contributed by atoms with Crippen molar-refractivity contribution in [2.75, 3.05) is 13.9 Å². The summed E-state index contributed by atoms with van der Waals surface area (Å²) in [5, 5.41) is 9.29. The van der Waals surface area contributed by atoms with Crippen LogP contribution in [0.5, 0.6) is 17.2 Å². The Kier molecular flexibility index (Phi) is 3.98. The van der Waals surface area contributed by atoms with Gasteiger partial charge in [0, 0.05) is 5.56 Å². The van der Waals surface area contributed by atoms with Crippen molar-refractivity contribution in [1.82, 2.24) is 0 Å². The summed E-state index contributed by atoms with van der Waals surface area (Å²) in [4.78, 5) is 12.5. The first-order valence-electron chi connectivity index (χ1n) is 6.91. The Balaban J connectivity index is 1.89. The largest absolute Gasteiger partial charge is 0.497 e. The molecule has 5 nitrogen and oxygen atoms in total. The molecular formula is C18H13NO4. The molecule has 1 heterocycles. The highest BCUT2D eigenvalue weighted by Crippen LogP contribution is 2.33. The Morgan fingerprint density at radius 2 is 1.91 bits per heavy atom. The second-order valence-corrected chi connectivity index (χ2v) is 4.84. The molecule has 0 atom stereocenters. The number of carbonyl (C=O) groups excluding carboxylic acids is 1. The molecule has 5 heteroatoms. The molecule has 1 aliphatic heterocycles. The number of rotatable bonds is 4. The van der Waals surface area contributed by atoms with Gasteiger partial charge < -0.3 is 14.2 Å². The van der Waals surface area contributed by atoms with E-state index in [0.29, 0.717) is 22.8 Å².